The van der Waals surface area contributed by atoms with Gasteiger partial charge in [0.15, 0.2) is 21.3 Å². The van der Waals surface area contributed by atoms with Gasteiger partial charge in [-0.05, 0) is 37.1 Å². The molecule has 0 N–H and O–H groups in total. The molecule has 1 saturated heterocycles. The summed E-state index contributed by atoms with van der Waals surface area (Å²) in [5.41, 5.74) is 1.18. The van der Waals surface area contributed by atoms with E-state index in [1.807, 2.05) is 18.2 Å². The predicted molar refractivity (Wildman–Crippen MR) is 108 cm³/mol. The molecule has 7 heteroatoms. The van der Waals surface area contributed by atoms with Crippen molar-refractivity contribution in [2.75, 3.05) is 34.4 Å². The number of ether oxygens (including phenoxy) is 3. The summed E-state index contributed by atoms with van der Waals surface area (Å²) in [4.78, 5) is 2.35. The Hall–Kier alpha value is -2.25. The van der Waals surface area contributed by atoms with Crippen LogP contribution in [-0.2, 0) is 16.4 Å². The highest BCUT2D eigenvalue weighted by molar-refractivity contribution is 7.92. The molecule has 1 fully saturated rings. The smallest absolute Gasteiger partial charge is 0.204 e. The Bertz CT molecular complexity index is 899. The zero-order chi connectivity index (χ0) is 20.1. The van der Waals surface area contributed by atoms with Crippen molar-refractivity contribution >= 4 is 9.84 Å². The number of rotatable bonds is 7. The topological polar surface area (TPSA) is 65.1 Å². The predicted octanol–water partition coefficient (Wildman–Crippen LogP) is 3.15. The van der Waals surface area contributed by atoms with Crippen LogP contribution in [0, 0.1) is 0 Å². The highest BCUT2D eigenvalue weighted by Gasteiger charge is 2.35. The summed E-state index contributed by atoms with van der Waals surface area (Å²) < 4.78 is 42.9. The first-order chi connectivity index (χ1) is 13.5. The summed E-state index contributed by atoms with van der Waals surface area (Å²) in [5, 5.41) is -0.489. The molecule has 0 aromatic heterocycles. The molecule has 0 saturated carbocycles. The fraction of sp³-hybridized carbons (Fsp3) is 0.429. The van der Waals surface area contributed by atoms with Gasteiger partial charge in [-0.3, -0.25) is 4.90 Å². The standard InChI is InChI=1S/C21H27NO5S/c1-25-18-11-12-19(21(27-3)20(18)26-2)28(23,24)17-10-7-13-22(15-17)14-16-8-5-4-6-9-16/h4-6,8-9,11-12,17H,7,10,13-15H2,1-3H3. The Kier molecular flexibility index (Phi) is 6.46. The molecule has 3 rings (SSSR count). The summed E-state index contributed by atoms with van der Waals surface area (Å²) >= 11 is 0. The minimum absolute atomic E-state index is 0.152. The summed E-state index contributed by atoms with van der Waals surface area (Å²) in [7, 11) is 0.833. The van der Waals surface area contributed by atoms with Crippen LogP contribution in [0.25, 0.3) is 0 Å². The van der Waals surface area contributed by atoms with Gasteiger partial charge in [0, 0.05) is 13.1 Å². The number of methoxy groups -OCH3 is 3. The highest BCUT2D eigenvalue weighted by atomic mass is 32.2. The number of sulfone groups is 1. The van der Waals surface area contributed by atoms with E-state index in [2.05, 4.69) is 17.0 Å². The first-order valence-corrected chi connectivity index (χ1v) is 10.8. The molecule has 28 heavy (non-hydrogen) atoms. The van der Waals surface area contributed by atoms with Crippen LogP contribution in [0.2, 0.25) is 0 Å². The van der Waals surface area contributed by atoms with Gasteiger partial charge in [-0.25, -0.2) is 8.42 Å². The fourth-order valence-corrected chi connectivity index (χ4v) is 5.66. The zero-order valence-corrected chi connectivity index (χ0v) is 17.4. The molecule has 152 valence electrons. The molecular weight excluding hydrogens is 378 g/mol. The Balaban J connectivity index is 1.88. The second-order valence-corrected chi connectivity index (χ2v) is 9.06. The van der Waals surface area contributed by atoms with Crippen molar-refractivity contribution in [3.05, 3.63) is 48.0 Å². The van der Waals surface area contributed by atoms with Gasteiger partial charge in [-0.15, -0.1) is 0 Å². The van der Waals surface area contributed by atoms with Crippen LogP contribution >= 0.6 is 0 Å². The maximum absolute atomic E-state index is 13.4. The van der Waals surface area contributed by atoms with Crippen LogP contribution in [0.15, 0.2) is 47.4 Å². The third kappa shape index (κ3) is 4.10. The van der Waals surface area contributed by atoms with Crippen LogP contribution < -0.4 is 14.2 Å². The van der Waals surface area contributed by atoms with Crippen molar-refractivity contribution in [1.29, 1.82) is 0 Å². The van der Waals surface area contributed by atoms with E-state index in [-0.39, 0.29) is 10.6 Å². The number of benzene rings is 2. The summed E-state index contributed by atoms with van der Waals surface area (Å²) in [6, 6.07) is 13.3. The van der Waals surface area contributed by atoms with Gasteiger partial charge in [0.1, 0.15) is 4.90 Å². The van der Waals surface area contributed by atoms with Crippen LogP contribution in [0.5, 0.6) is 17.2 Å². The van der Waals surface area contributed by atoms with Crippen molar-refractivity contribution < 1.29 is 22.6 Å². The number of piperidine rings is 1. The molecule has 2 aromatic rings. The average Bonchev–Trinajstić information content (AvgIpc) is 2.73. The van der Waals surface area contributed by atoms with Gasteiger partial charge in [0.25, 0.3) is 0 Å². The molecule has 1 heterocycles. The average molecular weight is 406 g/mol. The largest absolute Gasteiger partial charge is 0.493 e. The summed E-state index contributed by atoms with van der Waals surface area (Å²) in [6.07, 6.45) is 1.47. The normalized spacial score (nSPS) is 17.9. The maximum Gasteiger partial charge on any atom is 0.204 e. The van der Waals surface area contributed by atoms with Crippen molar-refractivity contribution in [2.24, 2.45) is 0 Å². The second-order valence-electron chi connectivity index (χ2n) is 6.86. The Morgan fingerprint density at radius 2 is 1.68 bits per heavy atom. The Morgan fingerprint density at radius 1 is 0.964 bits per heavy atom. The molecule has 0 spiro atoms. The van der Waals surface area contributed by atoms with Gasteiger partial charge < -0.3 is 14.2 Å². The van der Waals surface area contributed by atoms with Crippen LogP contribution in [0.3, 0.4) is 0 Å². The van der Waals surface area contributed by atoms with E-state index in [9.17, 15) is 8.42 Å². The van der Waals surface area contributed by atoms with Crippen molar-refractivity contribution in [1.82, 2.24) is 4.90 Å². The highest BCUT2D eigenvalue weighted by Crippen LogP contribution is 2.43. The van der Waals surface area contributed by atoms with Crippen molar-refractivity contribution in [3.8, 4) is 17.2 Å². The number of hydrogen-bond acceptors (Lipinski definition) is 6. The van der Waals surface area contributed by atoms with Gasteiger partial charge >= 0.3 is 0 Å². The molecule has 0 aliphatic carbocycles. The van der Waals surface area contributed by atoms with E-state index in [1.165, 1.54) is 26.9 Å². The molecular formula is C21H27NO5S. The van der Waals surface area contributed by atoms with Gasteiger partial charge in [0.2, 0.25) is 5.75 Å². The zero-order valence-electron chi connectivity index (χ0n) is 16.6. The first kappa shape index (κ1) is 20.5. The molecule has 2 aromatic carbocycles. The second kappa shape index (κ2) is 8.84. The van der Waals surface area contributed by atoms with E-state index >= 15 is 0 Å². The summed E-state index contributed by atoms with van der Waals surface area (Å²) in [5.74, 6) is 0.928. The van der Waals surface area contributed by atoms with E-state index in [0.717, 1.165) is 19.5 Å². The molecule has 1 atom stereocenters. The molecule has 0 amide bonds. The quantitative estimate of drug-likeness (QED) is 0.705. The van der Waals surface area contributed by atoms with E-state index < -0.39 is 15.1 Å². The number of hydrogen-bond donors (Lipinski definition) is 0. The van der Waals surface area contributed by atoms with Crippen LogP contribution in [0.4, 0.5) is 0 Å². The lowest BCUT2D eigenvalue weighted by atomic mass is 10.1. The van der Waals surface area contributed by atoms with Gasteiger partial charge in [-0.1, -0.05) is 30.3 Å². The lowest BCUT2D eigenvalue weighted by Crippen LogP contribution is -2.41. The van der Waals surface area contributed by atoms with E-state index in [0.29, 0.717) is 24.5 Å². The van der Waals surface area contributed by atoms with Crippen LogP contribution in [-0.4, -0.2) is 53.0 Å². The lowest BCUT2D eigenvalue weighted by Gasteiger charge is -2.32. The van der Waals surface area contributed by atoms with E-state index in [4.69, 9.17) is 14.2 Å². The monoisotopic (exact) mass is 405 g/mol. The SMILES string of the molecule is COc1ccc(S(=O)(=O)C2CCCN(Cc3ccccc3)C2)c(OC)c1OC. The van der Waals surface area contributed by atoms with Gasteiger partial charge in [-0.2, -0.15) is 0 Å². The maximum atomic E-state index is 13.4. The fourth-order valence-electron chi connectivity index (χ4n) is 3.73. The molecule has 1 aliphatic heterocycles. The summed E-state index contributed by atoms with van der Waals surface area (Å²) in [6.45, 7) is 2.13. The minimum atomic E-state index is -3.59. The first-order valence-electron chi connectivity index (χ1n) is 9.30. The van der Waals surface area contributed by atoms with Crippen molar-refractivity contribution in [2.45, 2.75) is 29.5 Å². The van der Waals surface area contributed by atoms with E-state index in [1.54, 1.807) is 12.1 Å². The Morgan fingerprint density at radius 3 is 2.32 bits per heavy atom. The Labute approximate surface area is 166 Å². The van der Waals surface area contributed by atoms with Crippen molar-refractivity contribution in [3.63, 3.8) is 0 Å². The third-order valence-electron chi connectivity index (χ3n) is 5.12. The third-order valence-corrected chi connectivity index (χ3v) is 7.32. The minimum Gasteiger partial charge on any atom is -0.493 e. The molecule has 6 nitrogen and oxygen atoms in total. The van der Waals surface area contributed by atoms with Crippen LogP contribution in [0.1, 0.15) is 18.4 Å². The molecule has 0 bridgehead atoms. The number of likely N-dealkylation sites (tertiary alicyclic amines) is 1. The van der Waals surface area contributed by atoms with Gasteiger partial charge in [0.05, 0.1) is 26.6 Å². The molecule has 1 unspecified atom stereocenters. The molecule has 0 radical (unpaired) electrons. The molecule has 1 aliphatic rings. The lowest BCUT2D eigenvalue weighted by molar-refractivity contribution is 0.222. The number of nitrogens with zero attached hydrogens (tertiary/aromatic N) is 1.